The van der Waals surface area contributed by atoms with Gasteiger partial charge in [0, 0.05) is 43.3 Å². The van der Waals surface area contributed by atoms with Crippen molar-refractivity contribution < 1.29 is 18.7 Å². The second-order valence-electron chi connectivity index (χ2n) is 9.93. The van der Waals surface area contributed by atoms with E-state index in [1.807, 2.05) is 22.6 Å². The maximum atomic E-state index is 14.2. The Morgan fingerprint density at radius 1 is 1.08 bits per heavy atom. The van der Waals surface area contributed by atoms with Gasteiger partial charge in [0.25, 0.3) is 5.91 Å². The monoisotopic (exact) mass is 505 g/mol. The number of hydrogen-bond donors (Lipinski definition) is 0. The fraction of sp³-hybridized carbons (Fsp3) is 0.429. The summed E-state index contributed by atoms with van der Waals surface area (Å²) < 4.78 is 27.0. The van der Waals surface area contributed by atoms with Crippen LogP contribution in [0.25, 0.3) is 5.69 Å². The number of benzene rings is 2. The number of carbonyl (C=O) groups is 1. The summed E-state index contributed by atoms with van der Waals surface area (Å²) in [5.74, 6) is 1.89. The molecule has 0 bridgehead atoms. The van der Waals surface area contributed by atoms with Crippen molar-refractivity contribution >= 4 is 11.7 Å². The number of piperazine rings is 1. The highest BCUT2D eigenvalue weighted by atomic mass is 19.1. The molecule has 2 aromatic carbocycles. The maximum absolute atomic E-state index is 14.2. The van der Waals surface area contributed by atoms with Crippen molar-refractivity contribution in [3.8, 4) is 17.2 Å². The van der Waals surface area contributed by atoms with Crippen molar-refractivity contribution in [2.24, 2.45) is 0 Å². The number of aromatic nitrogens is 2. The van der Waals surface area contributed by atoms with E-state index in [0.29, 0.717) is 29.3 Å². The molecule has 0 unspecified atom stereocenters. The second kappa shape index (κ2) is 9.70. The lowest BCUT2D eigenvalue weighted by atomic mass is 10.1. The minimum atomic E-state index is -0.299. The lowest BCUT2D eigenvalue weighted by Crippen LogP contribution is -2.47. The molecule has 9 heteroatoms. The van der Waals surface area contributed by atoms with Gasteiger partial charge in [-0.2, -0.15) is 5.10 Å². The number of ether oxygens (including phenoxy) is 2. The normalized spacial score (nSPS) is 17.3. The van der Waals surface area contributed by atoms with Crippen LogP contribution in [0.1, 0.15) is 41.4 Å². The van der Waals surface area contributed by atoms with Crippen molar-refractivity contribution in [1.82, 2.24) is 19.6 Å². The molecule has 194 valence electrons. The van der Waals surface area contributed by atoms with Crippen molar-refractivity contribution in [1.29, 1.82) is 0 Å². The summed E-state index contributed by atoms with van der Waals surface area (Å²) in [5.41, 5.74) is 3.13. The van der Waals surface area contributed by atoms with Crippen LogP contribution in [0.4, 0.5) is 10.2 Å². The van der Waals surface area contributed by atoms with Crippen LogP contribution in [0, 0.1) is 12.7 Å². The zero-order valence-corrected chi connectivity index (χ0v) is 21.3. The number of amides is 1. The molecule has 2 fully saturated rings. The Labute approximate surface area is 216 Å². The largest absolute Gasteiger partial charge is 0.454 e. The number of rotatable bonds is 7. The van der Waals surface area contributed by atoms with Crippen LogP contribution in [-0.4, -0.2) is 71.0 Å². The Kier molecular flexibility index (Phi) is 6.24. The van der Waals surface area contributed by atoms with E-state index in [2.05, 4.69) is 16.7 Å². The van der Waals surface area contributed by atoms with E-state index in [0.717, 1.165) is 62.6 Å². The van der Waals surface area contributed by atoms with E-state index >= 15 is 0 Å². The predicted molar refractivity (Wildman–Crippen MR) is 138 cm³/mol. The third-order valence-electron chi connectivity index (χ3n) is 7.53. The molecule has 1 saturated heterocycles. The molecule has 0 spiro atoms. The van der Waals surface area contributed by atoms with Gasteiger partial charge in [-0.25, -0.2) is 9.07 Å². The standard InChI is InChI=1S/C28H32FN5O3/c1-3-31-11-13-32(14-12-31)27-24(19(2)30-34(27)23-6-4-5-21(29)16-23)17-33(22-8-9-22)28(35)20-7-10-25-26(15-20)37-18-36-25/h4-7,10,15-16,22H,3,8-9,11-14,17-18H2,1-2H3. The van der Waals surface area contributed by atoms with Crippen LogP contribution in [0.5, 0.6) is 11.5 Å². The Balaban J connectivity index is 1.37. The van der Waals surface area contributed by atoms with E-state index in [4.69, 9.17) is 14.6 Å². The molecule has 0 atom stereocenters. The number of nitrogens with zero attached hydrogens (tertiary/aromatic N) is 5. The molecule has 0 N–H and O–H groups in total. The lowest BCUT2D eigenvalue weighted by molar-refractivity contribution is 0.0729. The maximum Gasteiger partial charge on any atom is 0.254 e. The van der Waals surface area contributed by atoms with Gasteiger partial charge in [0.05, 0.1) is 17.9 Å². The zero-order chi connectivity index (χ0) is 25.5. The quantitative estimate of drug-likeness (QED) is 0.484. The topological polar surface area (TPSA) is 63.1 Å². The highest BCUT2D eigenvalue weighted by Crippen LogP contribution is 2.37. The van der Waals surface area contributed by atoms with Gasteiger partial charge in [0.15, 0.2) is 11.5 Å². The van der Waals surface area contributed by atoms with Gasteiger partial charge in [0.1, 0.15) is 11.6 Å². The smallest absolute Gasteiger partial charge is 0.254 e. The van der Waals surface area contributed by atoms with Crippen LogP contribution in [0.2, 0.25) is 0 Å². The van der Waals surface area contributed by atoms with Crippen LogP contribution in [-0.2, 0) is 6.54 Å². The average molecular weight is 506 g/mol. The summed E-state index contributed by atoms with van der Waals surface area (Å²) in [4.78, 5) is 20.5. The SMILES string of the molecule is CCN1CCN(c2c(CN(C(=O)c3ccc4c(c3)OCO4)C3CC3)c(C)nn2-c2cccc(F)c2)CC1. The number of carbonyl (C=O) groups excluding carboxylic acids is 1. The summed E-state index contributed by atoms with van der Waals surface area (Å²) in [5, 5.41) is 4.87. The number of likely N-dealkylation sites (N-methyl/N-ethyl adjacent to an activating group) is 1. The van der Waals surface area contributed by atoms with Gasteiger partial charge >= 0.3 is 0 Å². The van der Waals surface area contributed by atoms with Gasteiger partial charge in [0.2, 0.25) is 6.79 Å². The minimum Gasteiger partial charge on any atom is -0.454 e. The number of halogens is 1. The zero-order valence-electron chi connectivity index (χ0n) is 21.3. The van der Waals surface area contributed by atoms with Crippen molar-refractivity contribution in [2.75, 3.05) is 44.4 Å². The van der Waals surface area contributed by atoms with Gasteiger partial charge in [-0.3, -0.25) is 4.79 Å². The third-order valence-corrected chi connectivity index (χ3v) is 7.53. The molecule has 3 aliphatic rings. The molecule has 0 radical (unpaired) electrons. The van der Waals surface area contributed by atoms with E-state index < -0.39 is 0 Å². The second-order valence-corrected chi connectivity index (χ2v) is 9.93. The van der Waals surface area contributed by atoms with Crippen LogP contribution in [0.15, 0.2) is 42.5 Å². The first-order valence-electron chi connectivity index (χ1n) is 13.0. The molecule has 1 aliphatic carbocycles. The molecule has 1 saturated carbocycles. The summed E-state index contributed by atoms with van der Waals surface area (Å²) in [6.45, 7) is 9.39. The van der Waals surface area contributed by atoms with Crippen LogP contribution in [0.3, 0.4) is 0 Å². The molecular weight excluding hydrogens is 473 g/mol. The van der Waals surface area contributed by atoms with Crippen LogP contribution >= 0.6 is 0 Å². The number of aryl methyl sites for hydroxylation is 1. The summed E-state index contributed by atoms with van der Waals surface area (Å²) >= 11 is 0. The average Bonchev–Trinajstić information content (AvgIpc) is 3.55. The predicted octanol–water partition coefficient (Wildman–Crippen LogP) is 4.00. The summed E-state index contributed by atoms with van der Waals surface area (Å²) in [6.07, 6.45) is 1.97. The summed E-state index contributed by atoms with van der Waals surface area (Å²) in [6, 6.07) is 12.1. The number of hydrogen-bond acceptors (Lipinski definition) is 6. The van der Waals surface area contributed by atoms with E-state index in [1.54, 1.807) is 24.3 Å². The van der Waals surface area contributed by atoms with Crippen molar-refractivity contribution in [2.45, 2.75) is 39.3 Å². The Morgan fingerprint density at radius 3 is 2.59 bits per heavy atom. The van der Waals surface area contributed by atoms with Crippen molar-refractivity contribution in [3.63, 3.8) is 0 Å². The van der Waals surface area contributed by atoms with Crippen LogP contribution < -0.4 is 14.4 Å². The molecule has 3 aromatic rings. The molecule has 3 heterocycles. The molecule has 1 aromatic heterocycles. The van der Waals surface area contributed by atoms with Gasteiger partial charge < -0.3 is 24.2 Å². The Morgan fingerprint density at radius 2 is 1.86 bits per heavy atom. The highest BCUT2D eigenvalue weighted by molar-refractivity contribution is 5.95. The molecule has 8 nitrogen and oxygen atoms in total. The number of fused-ring (bicyclic) bond motifs is 1. The first kappa shape index (κ1) is 23.8. The first-order valence-corrected chi connectivity index (χ1v) is 13.0. The number of anilines is 1. The minimum absolute atomic E-state index is 0.0274. The summed E-state index contributed by atoms with van der Waals surface area (Å²) in [7, 11) is 0. The Bertz CT molecular complexity index is 1310. The van der Waals surface area contributed by atoms with Gasteiger partial charge in [-0.1, -0.05) is 13.0 Å². The van der Waals surface area contributed by atoms with E-state index in [-0.39, 0.29) is 24.6 Å². The molecule has 6 rings (SSSR count). The third kappa shape index (κ3) is 4.64. The first-order chi connectivity index (χ1) is 18.0. The molecule has 2 aliphatic heterocycles. The fourth-order valence-electron chi connectivity index (χ4n) is 5.24. The highest BCUT2D eigenvalue weighted by Gasteiger charge is 2.36. The van der Waals surface area contributed by atoms with Gasteiger partial charge in [-0.05, 0) is 62.7 Å². The van der Waals surface area contributed by atoms with E-state index in [1.165, 1.54) is 12.1 Å². The Hall–Kier alpha value is -3.59. The van der Waals surface area contributed by atoms with Gasteiger partial charge in [-0.15, -0.1) is 0 Å². The molecule has 1 amide bonds. The van der Waals surface area contributed by atoms with E-state index in [9.17, 15) is 9.18 Å². The molecule has 37 heavy (non-hydrogen) atoms. The lowest BCUT2D eigenvalue weighted by Gasteiger charge is -2.36. The fourth-order valence-corrected chi connectivity index (χ4v) is 5.24. The molecular formula is C28H32FN5O3. The van der Waals surface area contributed by atoms with Crippen molar-refractivity contribution in [3.05, 3.63) is 65.1 Å².